The van der Waals surface area contributed by atoms with Crippen LogP contribution in [0.1, 0.15) is 6.92 Å². The molecule has 0 atom stereocenters. The Hall–Kier alpha value is -0.0966. The summed E-state index contributed by atoms with van der Waals surface area (Å²) >= 11 is 0.330. The van der Waals surface area contributed by atoms with E-state index in [2.05, 4.69) is 21.9 Å². The first kappa shape index (κ1) is 10.0. The summed E-state index contributed by atoms with van der Waals surface area (Å²) in [5.41, 5.74) is 0. The quantitative estimate of drug-likeness (QED) is 0.327. The van der Waals surface area contributed by atoms with Crippen LogP contribution < -0.4 is 0 Å². The fourth-order valence-corrected chi connectivity index (χ4v) is 0. The molecule has 0 aliphatic carbocycles. The molecule has 0 unspecified atom stereocenters. The third-order valence-electron chi connectivity index (χ3n) is 0.183. The van der Waals surface area contributed by atoms with Gasteiger partial charge in [-0.1, -0.05) is 6.92 Å². The van der Waals surface area contributed by atoms with Gasteiger partial charge in [0.1, 0.15) is 0 Å². The first-order chi connectivity index (χ1) is 3.33. The van der Waals surface area contributed by atoms with Crippen molar-refractivity contribution in [3.8, 4) is 0 Å². The van der Waals surface area contributed by atoms with Gasteiger partial charge >= 0.3 is 26.4 Å². The van der Waals surface area contributed by atoms with E-state index in [0.717, 1.165) is 0 Å². The van der Waals surface area contributed by atoms with Crippen molar-refractivity contribution in [2.75, 3.05) is 0 Å². The maximum atomic E-state index is 3.44. The molecule has 7 heavy (non-hydrogen) atoms. The first-order valence-electron chi connectivity index (χ1n) is 1.62. The molecule has 0 aromatic carbocycles. The summed E-state index contributed by atoms with van der Waals surface area (Å²) in [6.07, 6.45) is 0. The fraction of sp³-hybridized carbons (Fsp3) is 0.200. The number of aliphatic imine (C=N–C) groups is 1. The summed E-state index contributed by atoms with van der Waals surface area (Å²) in [5, 5.41) is 6.89. The van der Waals surface area contributed by atoms with Gasteiger partial charge in [-0.05, 0) is 0 Å². The van der Waals surface area contributed by atoms with E-state index in [1.54, 1.807) is 6.54 Å². The van der Waals surface area contributed by atoms with Crippen LogP contribution in [-0.2, 0) is 16.2 Å². The second kappa shape index (κ2) is 16.8. The number of nitrogens with zero attached hydrogens (tertiary/aromatic N) is 1. The molecule has 0 aliphatic heterocycles. The molecule has 0 aromatic rings. The van der Waals surface area contributed by atoms with Gasteiger partial charge in [-0.3, -0.25) is 0 Å². The Bertz CT molecular complexity index is 62.5. The standard InChI is InChI=1S/C3H6N.2CH2.Rh/c1-3-4-2;;;/h3H,2H2,1H3;2*1H2;/q-1;;;. The van der Waals surface area contributed by atoms with Crippen molar-refractivity contribution >= 4 is 16.9 Å². The van der Waals surface area contributed by atoms with Crippen LogP contribution in [0.3, 0.4) is 0 Å². The second-order valence-corrected chi connectivity index (χ2v) is 1.43. The minimum atomic E-state index is 0.330. The average Bonchev–Trinajstić information content (AvgIpc) is 1.69. The van der Waals surface area contributed by atoms with Gasteiger partial charge in [-0.15, -0.1) is 0 Å². The SMILES string of the molecule is C=N[CH-]C.[CH2]=[Rh]=[CH2]. The Morgan fingerprint density at radius 2 is 1.71 bits per heavy atom. The van der Waals surface area contributed by atoms with Crippen molar-refractivity contribution in [2.45, 2.75) is 6.92 Å². The Morgan fingerprint density at radius 1 is 1.57 bits per heavy atom. The summed E-state index contributed by atoms with van der Waals surface area (Å²) in [6, 6.07) is 0. The first-order valence-corrected chi connectivity index (χ1v) is 3.94. The summed E-state index contributed by atoms with van der Waals surface area (Å²) < 4.78 is 0. The maximum absolute atomic E-state index is 3.44. The fourth-order valence-electron chi connectivity index (χ4n) is 0. The molecule has 2 heteroatoms. The topological polar surface area (TPSA) is 12.4 Å². The predicted molar refractivity (Wildman–Crippen MR) is 33.8 cm³/mol. The van der Waals surface area contributed by atoms with E-state index in [1.807, 2.05) is 6.92 Å². The van der Waals surface area contributed by atoms with Crippen LogP contribution in [0.4, 0.5) is 0 Å². The van der Waals surface area contributed by atoms with Gasteiger partial charge in [0, 0.05) is 0 Å². The number of hydrogen-bond acceptors (Lipinski definition) is 1. The van der Waals surface area contributed by atoms with Gasteiger partial charge in [0.05, 0.1) is 0 Å². The molecule has 0 aliphatic rings. The molecule has 1 nitrogen and oxygen atoms in total. The van der Waals surface area contributed by atoms with Gasteiger partial charge in [-0.2, -0.15) is 13.3 Å². The van der Waals surface area contributed by atoms with Gasteiger partial charge in [0.25, 0.3) is 0 Å². The van der Waals surface area contributed by atoms with Crippen LogP contribution in [-0.4, -0.2) is 16.9 Å². The molecule has 0 rings (SSSR count). The van der Waals surface area contributed by atoms with Crippen molar-refractivity contribution in [2.24, 2.45) is 4.99 Å². The Balaban J connectivity index is 0. The van der Waals surface area contributed by atoms with Crippen LogP contribution >= 0.6 is 0 Å². The zero-order valence-corrected chi connectivity index (χ0v) is 6.12. The molecule has 45 valence electrons. The zero-order chi connectivity index (χ0) is 6.12. The zero-order valence-electron chi connectivity index (χ0n) is 4.48. The van der Waals surface area contributed by atoms with E-state index < -0.39 is 0 Å². The number of hydrogen-bond donors (Lipinski definition) is 0. The average molecular weight is 187 g/mol. The Kier molecular flexibility index (Phi) is 24.1. The second-order valence-electron chi connectivity index (χ2n) is 0.607. The van der Waals surface area contributed by atoms with Crippen molar-refractivity contribution in [3.63, 3.8) is 0 Å². The molecule has 0 radical (unpaired) electrons. The molecule has 0 aromatic heterocycles. The van der Waals surface area contributed by atoms with Crippen LogP contribution in [0, 0.1) is 6.54 Å². The third kappa shape index (κ3) is 110. The van der Waals surface area contributed by atoms with Gasteiger partial charge in [0.15, 0.2) is 0 Å². The molecule has 0 spiro atoms. The van der Waals surface area contributed by atoms with E-state index in [-0.39, 0.29) is 0 Å². The van der Waals surface area contributed by atoms with Crippen LogP contribution in [0.15, 0.2) is 4.99 Å². The van der Waals surface area contributed by atoms with Gasteiger partial charge in [0.2, 0.25) is 0 Å². The number of rotatable bonds is 1. The van der Waals surface area contributed by atoms with Crippen molar-refractivity contribution in [3.05, 3.63) is 6.54 Å². The third-order valence-corrected chi connectivity index (χ3v) is 0.183. The summed E-state index contributed by atoms with van der Waals surface area (Å²) in [5.74, 6) is 0. The molecule has 0 N–H and O–H groups in total. The van der Waals surface area contributed by atoms with E-state index in [0.29, 0.717) is 16.2 Å². The molecular weight excluding hydrogens is 177 g/mol. The van der Waals surface area contributed by atoms with Crippen LogP contribution in [0.5, 0.6) is 0 Å². The Morgan fingerprint density at radius 3 is 1.71 bits per heavy atom. The summed E-state index contributed by atoms with van der Waals surface area (Å²) in [6.45, 7) is 6.64. The molecule has 0 saturated carbocycles. The molecular formula is C5H10NRh-. The Labute approximate surface area is 52.1 Å². The van der Waals surface area contributed by atoms with E-state index in [1.165, 1.54) is 0 Å². The van der Waals surface area contributed by atoms with Crippen LogP contribution in [0.25, 0.3) is 0 Å². The summed E-state index contributed by atoms with van der Waals surface area (Å²) in [4.78, 5) is 3.36. The molecule has 0 amide bonds. The normalized spacial score (nSPS) is 5.29. The van der Waals surface area contributed by atoms with Crippen LogP contribution in [0.2, 0.25) is 0 Å². The molecule has 0 heterocycles. The molecule has 0 bridgehead atoms. The van der Waals surface area contributed by atoms with Crippen molar-refractivity contribution in [1.82, 2.24) is 0 Å². The van der Waals surface area contributed by atoms with E-state index >= 15 is 0 Å². The van der Waals surface area contributed by atoms with E-state index in [4.69, 9.17) is 0 Å². The van der Waals surface area contributed by atoms with Crippen molar-refractivity contribution in [1.29, 1.82) is 0 Å². The molecule has 0 fully saturated rings. The van der Waals surface area contributed by atoms with Gasteiger partial charge < -0.3 is 4.99 Å². The predicted octanol–water partition coefficient (Wildman–Crippen LogP) is 0.802. The summed E-state index contributed by atoms with van der Waals surface area (Å²) in [7, 11) is 0. The monoisotopic (exact) mass is 187 g/mol. The van der Waals surface area contributed by atoms with Gasteiger partial charge in [-0.25, -0.2) is 0 Å². The van der Waals surface area contributed by atoms with Crippen molar-refractivity contribution < 1.29 is 16.2 Å². The minimum absolute atomic E-state index is 0.330. The molecule has 0 saturated heterocycles. The van der Waals surface area contributed by atoms with E-state index in [9.17, 15) is 0 Å².